The number of pyridine rings is 1. The molecule has 0 N–H and O–H groups in total. The van der Waals surface area contributed by atoms with Gasteiger partial charge in [-0.1, -0.05) is 28.6 Å². The summed E-state index contributed by atoms with van der Waals surface area (Å²) in [4.78, 5) is 20.0. The molecule has 0 fully saturated rings. The first kappa shape index (κ1) is 13.9. The minimum Gasteiger partial charge on any atom is -0.389 e. The summed E-state index contributed by atoms with van der Waals surface area (Å²) in [6, 6.07) is 9.68. The Labute approximate surface area is 126 Å². The maximum absolute atomic E-state index is 10.5. The predicted molar refractivity (Wildman–Crippen MR) is 80.2 cm³/mol. The van der Waals surface area contributed by atoms with E-state index in [-0.39, 0.29) is 13.2 Å². The van der Waals surface area contributed by atoms with Crippen molar-refractivity contribution in [3.8, 4) is 0 Å². The van der Waals surface area contributed by atoms with Gasteiger partial charge in [0.25, 0.3) is 0 Å². The molecule has 3 aromatic rings. The summed E-state index contributed by atoms with van der Waals surface area (Å²) < 4.78 is 1.46. The molecule has 0 aliphatic carbocycles. The first-order chi connectivity index (χ1) is 10.9. The number of aromatic nitrogens is 4. The number of rotatable bonds is 6. The molecule has 0 radical (unpaired) electrons. The van der Waals surface area contributed by atoms with Crippen molar-refractivity contribution in [2.24, 2.45) is 5.16 Å². The van der Waals surface area contributed by atoms with Gasteiger partial charge in [0.05, 0.1) is 30.2 Å². The third kappa shape index (κ3) is 2.98. The molecule has 0 aliphatic heterocycles. The average Bonchev–Trinajstić information content (AvgIpc) is 2.99. The molecule has 1 aromatic carbocycles. The third-order valence-corrected chi connectivity index (χ3v) is 3.11. The minimum absolute atomic E-state index is 0.150. The first-order valence-electron chi connectivity index (χ1n) is 6.68. The molecule has 2 aromatic heterocycles. The minimum atomic E-state index is 0.150. The molecule has 0 amide bonds. The van der Waals surface area contributed by atoms with E-state index in [9.17, 15) is 4.79 Å². The van der Waals surface area contributed by atoms with Gasteiger partial charge in [-0.25, -0.2) is 4.68 Å². The van der Waals surface area contributed by atoms with Crippen LogP contribution in [0, 0.1) is 0 Å². The Morgan fingerprint density at radius 2 is 2.18 bits per heavy atom. The van der Waals surface area contributed by atoms with Gasteiger partial charge in [0, 0.05) is 17.1 Å². The normalized spacial score (nSPS) is 11.1. The zero-order valence-electron chi connectivity index (χ0n) is 11.7. The van der Waals surface area contributed by atoms with Gasteiger partial charge >= 0.3 is 0 Å². The number of para-hydroxylation sites is 1. The van der Waals surface area contributed by atoms with E-state index >= 15 is 0 Å². The molecular weight excluding hydrogens is 282 g/mol. The lowest BCUT2D eigenvalue weighted by molar-refractivity contribution is -0.108. The van der Waals surface area contributed by atoms with Crippen LogP contribution in [-0.2, 0) is 22.8 Å². The highest BCUT2D eigenvalue weighted by Crippen LogP contribution is 2.14. The fraction of sp³-hybridized carbons (Fsp3) is 0.133. The monoisotopic (exact) mass is 295 g/mol. The fourth-order valence-corrected chi connectivity index (χ4v) is 2.04. The number of nitrogens with zero attached hydrogens (tertiary/aromatic N) is 5. The first-order valence-corrected chi connectivity index (χ1v) is 6.68. The van der Waals surface area contributed by atoms with Crippen LogP contribution in [0.2, 0.25) is 0 Å². The highest BCUT2D eigenvalue weighted by Gasteiger charge is 2.03. The summed E-state index contributed by atoms with van der Waals surface area (Å²) in [5, 5.41) is 12.5. The van der Waals surface area contributed by atoms with E-state index in [2.05, 4.69) is 20.5 Å². The van der Waals surface area contributed by atoms with Crippen LogP contribution in [0.3, 0.4) is 0 Å². The standard InChI is InChI=1S/C15H13N5O2/c21-8-7-20-13(10-17-19-20)11-22-18-9-12-5-6-16-15-4-2-1-3-14(12)15/h1-6,8-10H,7,11H2/b18-9+. The lowest BCUT2D eigenvalue weighted by atomic mass is 10.1. The Kier molecular flexibility index (Phi) is 4.15. The van der Waals surface area contributed by atoms with E-state index < -0.39 is 0 Å². The Bertz CT molecular complexity index is 807. The Hall–Kier alpha value is -3.09. The Morgan fingerprint density at radius 3 is 3.09 bits per heavy atom. The van der Waals surface area contributed by atoms with Crippen molar-refractivity contribution >= 4 is 23.4 Å². The van der Waals surface area contributed by atoms with E-state index in [1.807, 2.05) is 30.3 Å². The number of hydrogen-bond acceptors (Lipinski definition) is 6. The SMILES string of the molecule is O=CCn1nncc1CO/N=C/c1ccnc2ccccc12. The predicted octanol–water partition coefficient (Wildman–Crippen LogP) is 1.58. The molecule has 7 nitrogen and oxygen atoms in total. The fourth-order valence-electron chi connectivity index (χ4n) is 2.04. The van der Waals surface area contributed by atoms with Crippen LogP contribution in [0.5, 0.6) is 0 Å². The highest BCUT2D eigenvalue weighted by molar-refractivity contribution is 5.97. The summed E-state index contributed by atoms with van der Waals surface area (Å²) in [5.41, 5.74) is 2.51. The summed E-state index contributed by atoms with van der Waals surface area (Å²) >= 11 is 0. The van der Waals surface area contributed by atoms with E-state index in [1.165, 1.54) is 4.68 Å². The van der Waals surface area contributed by atoms with Crippen molar-refractivity contribution in [1.82, 2.24) is 20.0 Å². The molecular formula is C15H13N5O2. The zero-order valence-corrected chi connectivity index (χ0v) is 11.7. The summed E-state index contributed by atoms with van der Waals surface area (Å²) in [7, 11) is 0. The second-order valence-corrected chi connectivity index (χ2v) is 4.50. The molecule has 0 atom stereocenters. The number of carbonyl (C=O) groups is 1. The molecule has 0 bridgehead atoms. The number of benzene rings is 1. The largest absolute Gasteiger partial charge is 0.389 e. The van der Waals surface area contributed by atoms with Crippen LogP contribution >= 0.6 is 0 Å². The second kappa shape index (κ2) is 6.57. The maximum atomic E-state index is 10.5. The van der Waals surface area contributed by atoms with Crippen LogP contribution in [0.4, 0.5) is 0 Å². The van der Waals surface area contributed by atoms with Gasteiger partial charge in [0.2, 0.25) is 0 Å². The van der Waals surface area contributed by atoms with E-state index in [4.69, 9.17) is 4.84 Å². The summed E-state index contributed by atoms with van der Waals surface area (Å²) in [5.74, 6) is 0. The lowest BCUT2D eigenvalue weighted by Crippen LogP contribution is -2.06. The van der Waals surface area contributed by atoms with Crippen molar-refractivity contribution in [3.63, 3.8) is 0 Å². The molecule has 22 heavy (non-hydrogen) atoms. The van der Waals surface area contributed by atoms with E-state index in [0.29, 0.717) is 5.69 Å². The molecule has 110 valence electrons. The van der Waals surface area contributed by atoms with Gasteiger partial charge < -0.3 is 9.63 Å². The number of fused-ring (bicyclic) bond motifs is 1. The number of oxime groups is 1. The van der Waals surface area contributed by atoms with Crippen LogP contribution in [0.25, 0.3) is 10.9 Å². The van der Waals surface area contributed by atoms with Gasteiger partial charge in [0.1, 0.15) is 6.29 Å². The van der Waals surface area contributed by atoms with Gasteiger partial charge in [0.15, 0.2) is 6.61 Å². The quantitative estimate of drug-likeness (QED) is 0.392. The third-order valence-electron chi connectivity index (χ3n) is 3.11. The van der Waals surface area contributed by atoms with Crippen molar-refractivity contribution < 1.29 is 9.63 Å². The Morgan fingerprint density at radius 1 is 1.27 bits per heavy atom. The smallest absolute Gasteiger partial charge is 0.160 e. The molecule has 0 unspecified atom stereocenters. The summed E-state index contributed by atoms with van der Waals surface area (Å²) in [6.45, 7) is 0.345. The van der Waals surface area contributed by atoms with E-state index in [0.717, 1.165) is 22.8 Å². The van der Waals surface area contributed by atoms with Crippen molar-refractivity contribution in [2.75, 3.05) is 0 Å². The number of aldehydes is 1. The number of hydrogen-bond donors (Lipinski definition) is 0. The molecule has 3 rings (SSSR count). The van der Waals surface area contributed by atoms with Crippen LogP contribution in [-0.4, -0.2) is 32.5 Å². The second-order valence-electron chi connectivity index (χ2n) is 4.50. The zero-order chi connectivity index (χ0) is 15.2. The molecule has 0 aliphatic rings. The number of carbonyl (C=O) groups excluding carboxylic acids is 1. The van der Waals surface area contributed by atoms with Gasteiger partial charge in [-0.2, -0.15) is 0 Å². The van der Waals surface area contributed by atoms with Crippen LogP contribution in [0.1, 0.15) is 11.3 Å². The van der Waals surface area contributed by atoms with Gasteiger partial charge in [-0.3, -0.25) is 4.98 Å². The van der Waals surface area contributed by atoms with Gasteiger partial charge in [-0.15, -0.1) is 5.10 Å². The average molecular weight is 295 g/mol. The van der Waals surface area contributed by atoms with Crippen molar-refractivity contribution in [3.05, 3.63) is 54.0 Å². The van der Waals surface area contributed by atoms with Crippen molar-refractivity contribution in [1.29, 1.82) is 0 Å². The van der Waals surface area contributed by atoms with E-state index in [1.54, 1.807) is 18.6 Å². The molecule has 0 saturated carbocycles. The van der Waals surface area contributed by atoms with Gasteiger partial charge in [-0.05, 0) is 12.1 Å². The Balaban J connectivity index is 1.69. The molecule has 0 spiro atoms. The lowest BCUT2D eigenvalue weighted by Gasteiger charge is -2.02. The highest BCUT2D eigenvalue weighted by atomic mass is 16.6. The van der Waals surface area contributed by atoms with Crippen molar-refractivity contribution in [2.45, 2.75) is 13.2 Å². The summed E-state index contributed by atoms with van der Waals surface area (Å²) in [6.07, 6.45) is 5.66. The molecule has 7 heteroatoms. The molecule has 0 saturated heterocycles. The molecule has 2 heterocycles. The van der Waals surface area contributed by atoms with Crippen LogP contribution < -0.4 is 0 Å². The van der Waals surface area contributed by atoms with Crippen LogP contribution in [0.15, 0.2) is 47.9 Å². The topological polar surface area (TPSA) is 82.3 Å². The maximum Gasteiger partial charge on any atom is 0.160 e.